The van der Waals surface area contributed by atoms with Gasteiger partial charge in [0.2, 0.25) is 0 Å². The molecule has 0 fully saturated rings. The van der Waals surface area contributed by atoms with Gasteiger partial charge >= 0.3 is 0 Å². The molecule has 0 saturated heterocycles. The quantitative estimate of drug-likeness (QED) is 0.822. The van der Waals surface area contributed by atoms with Crippen molar-refractivity contribution in [3.8, 4) is 17.6 Å². The van der Waals surface area contributed by atoms with Gasteiger partial charge in [0.1, 0.15) is 17.6 Å². The Hall–Kier alpha value is -2.18. The summed E-state index contributed by atoms with van der Waals surface area (Å²) in [5.41, 5.74) is 6.67. The van der Waals surface area contributed by atoms with Crippen molar-refractivity contribution in [1.82, 2.24) is 0 Å². The van der Waals surface area contributed by atoms with Gasteiger partial charge in [-0.15, -0.1) is 0 Å². The first-order valence-electron chi connectivity index (χ1n) is 4.92. The van der Waals surface area contributed by atoms with Crippen molar-refractivity contribution in [2.75, 3.05) is 5.73 Å². The van der Waals surface area contributed by atoms with E-state index in [-0.39, 0.29) is 0 Å². The Bertz CT molecular complexity index is 590. The van der Waals surface area contributed by atoms with E-state index in [1.807, 2.05) is 6.07 Å². The molecule has 2 aromatic carbocycles. The lowest BCUT2D eigenvalue weighted by Gasteiger charge is -2.08. The summed E-state index contributed by atoms with van der Waals surface area (Å²) in [4.78, 5) is 0. The molecule has 3 nitrogen and oxygen atoms in total. The Kier molecular flexibility index (Phi) is 3.17. The number of hydrogen-bond acceptors (Lipinski definition) is 3. The molecule has 84 valence electrons. The summed E-state index contributed by atoms with van der Waals surface area (Å²) in [5, 5.41) is 9.46. The molecular weight excluding hydrogens is 236 g/mol. The maximum atomic E-state index is 8.94. The summed E-state index contributed by atoms with van der Waals surface area (Å²) in [5.74, 6) is 0.995. The predicted molar refractivity (Wildman–Crippen MR) is 67.1 cm³/mol. The molecule has 0 saturated carbocycles. The highest BCUT2D eigenvalue weighted by Crippen LogP contribution is 2.28. The monoisotopic (exact) mass is 244 g/mol. The number of halogens is 1. The van der Waals surface area contributed by atoms with Gasteiger partial charge < -0.3 is 10.5 Å². The molecule has 0 amide bonds. The minimum atomic E-state index is 0.422. The Morgan fingerprint density at radius 2 is 2.00 bits per heavy atom. The third-order valence-corrected chi connectivity index (χ3v) is 2.39. The van der Waals surface area contributed by atoms with Crippen LogP contribution in [0.1, 0.15) is 5.56 Å². The number of rotatable bonds is 2. The van der Waals surface area contributed by atoms with Crippen molar-refractivity contribution in [2.24, 2.45) is 0 Å². The van der Waals surface area contributed by atoms with E-state index in [0.29, 0.717) is 27.8 Å². The third kappa shape index (κ3) is 2.68. The summed E-state index contributed by atoms with van der Waals surface area (Å²) in [6.45, 7) is 0. The van der Waals surface area contributed by atoms with Crippen LogP contribution in [-0.2, 0) is 0 Å². The second kappa shape index (κ2) is 4.77. The Labute approximate surface area is 104 Å². The van der Waals surface area contributed by atoms with Crippen molar-refractivity contribution in [3.05, 3.63) is 53.1 Å². The number of nitrogen functional groups attached to an aromatic ring is 1. The third-order valence-electron chi connectivity index (χ3n) is 2.15. The highest BCUT2D eigenvalue weighted by Gasteiger charge is 2.05. The van der Waals surface area contributed by atoms with Crippen LogP contribution in [0, 0.1) is 11.3 Å². The summed E-state index contributed by atoms with van der Waals surface area (Å²) >= 11 is 5.86. The molecule has 0 bridgehead atoms. The Morgan fingerprint density at radius 1 is 1.18 bits per heavy atom. The molecule has 4 heteroatoms. The fourth-order valence-electron chi connectivity index (χ4n) is 1.38. The molecule has 2 aromatic rings. The van der Waals surface area contributed by atoms with E-state index in [1.54, 1.807) is 42.5 Å². The van der Waals surface area contributed by atoms with E-state index in [9.17, 15) is 0 Å². The van der Waals surface area contributed by atoms with E-state index in [4.69, 9.17) is 27.3 Å². The van der Waals surface area contributed by atoms with E-state index >= 15 is 0 Å². The summed E-state index contributed by atoms with van der Waals surface area (Å²) in [7, 11) is 0. The number of nitrogens with two attached hydrogens (primary N) is 1. The van der Waals surface area contributed by atoms with Crippen LogP contribution in [-0.4, -0.2) is 0 Å². The minimum absolute atomic E-state index is 0.422. The molecule has 0 aliphatic heterocycles. The molecule has 0 aliphatic carbocycles. The highest BCUT2D eigenvalue weighted by atomic mass is 35.5. The van der Waals surface area contributed by atoms with Crippen molar-refractivity contribution < 1.29 is 4.74 Å². The van der Waals surface area contributed by atoms with E-state index < -0.39 is 0 Å². The lowest BCUT2D eigenvalue weighted by Crippen LogP contribution is -1.90. The summed E-state index contributed by atoms with van der Waals surface area (Å²) in [6, 6.07) is 13.9. The SMILES string of the molecule is N#Cc1ccc(Cl)cc1Oc1cccc(N)c1. The molecule has 0 aromatic heterocycles. The minimum Gasteiger partial charge on any atom is -0.456 e. The molecule has 2 N–H and O–H groups in total. The predicted octanol–water partition coefficient (Wildman–Crippen LogP) is 3.59. The van der Waals surface area contributed by atoms with Crippen molar-refractivity contribution in [3.63, 3.8) is 0 Å². The smallest absolute Gasteiger partial charge is 0.146 e. The number of benzene rings is 2. The maximum absolute atomic E-state index is 8.94. The molecule has 0 heterocycles. The van der Waals surface area contributed by atoms with Gasteiger partial charge in [0, 0.05) is 22.8 Å². The molecule has 0 spiro atoms. The first-order valence-corrected chi connectivity index (χ1v) is 5.30. The van der Waals surface area contributed by atoms with Crippen LogP contribution in [0.2, 0.25) is 5.02 Å². The van der Waals surface area contributed by atoms with Crippen molar-refractivity contribution >= 4 is 17.3 Å². The average molecular weight is 245 g/mol. The first-order chi connectivity index (χ1) is 8.19. The number of nitriles is 1. The van der Waals surface area contributed by atoms with Gasteiger partial charge in [-0.3, -0.25) is 0 Å². The summed E-state index contributed by atoms with van der Waals surface area (Å²) in [6.07, 6.45) is 0. The van der Waals surface area contributed by atoms with Crippen LogP contribution >= 0.6 is 11.6 Å². The van der Waals surface area contributed by atoms with Gasteiger partial charge in [0.15, 0.2) is 0 Å². The zero-order valence-corrected chi connectivity index (χ0v) is 9.61. The van der Waals surface area contributed by atoms with Gasteiger partial charge in [-0.1, -0.05) is 17.7 Å². The number of ether oxygens (including phenoxy) is 1. The Morgan fingerprint density at radius 3 is 2.71 bits per heavy atom. The maximum Gasteiger partial charge on any atom is 0.146 e. The van der Waals surface area contributed by atoms with Gasteiger partial charge in [-0.2, -0.15) is 5.26 Å². The zero-order valence-electron chi connectivity index (χ0n) is 8.85. The first kappa shape index (κ1) is 11.3. The van der Waals surface area contributed by atoms with E-state index in [1.165, 1.54) is 0 Å². The molecule has 17 heavy (non-hydrogen) atoms. The summed E-state index contributed by atoms with van der Waals surface area (Å²) < 4.78 is 5.58. The van der Waals surface area contributed by atoms with Crippen molar-refractivity contribution in [2.45, 2.75) is 0 Å². The molecule has 2 rings (SSSR count). The number of hydrogen-bond donors (Lipinski definition) is 1. The Balaban J connectivity index is 2.36. The van der Waals surface area contributed by atoms with Crippen LogP contribution in [0.15, 0.2) is 42.5 Å². The molecular formula is C13H9ClN2O. The molecule has 0 radical (unpaired) electrons. The number of anilines is 1. The second-order valence-corrected chi connectivity index (χ2v) is 3.86. The second-order valence-electron chi connectivity index (χ2n) is 3.43. The lowest BCUT2D eigenvalue weighted by atomic mass is 10.2. The van der Waals surface area contributed by atoms with Crippen LogP contribution in [0.25, 0.3) is 0 Å². The molecule has 0 unspecified atom stereocenters. The fourth-order valence-corrected chi connectivity index (χ4v) is 1.54. The van der Waals surface area contributed by atoms with Gasteiger partial charge in [-0.25, -0.2) is 0 Å². The largest absolute Gasteiger partial charge is 0.456 e. The highest BCUT2D eigenvalue weighted by molar-refractivity contribution is 6.30. The normalized spacial score (nSPS) is 9.65. The standard InChI is InChI=1S/C13H9ClN2O/c14-10-5-4-9(8-15)13(6-10)17-12-3-1-2-11(16)7-12/h1-7H,16H2. The van der Waals surface area contributed by atoms with E-state index in [2.05, 4.69) is 0 Å². The van der Waals surface area contributed by atoms with Crippen LogP contribution in [0.3, 0.4) is 0 Å². The van der Waals surface area contributed by atoms with Crippen LogP contribution < -0.4 is 10.5 Å². The van der Waals surface area contributed by atoms with E-state index in [0.717, 1.165) is 0 Å². The van der Waals surface area contributed by atoms with Gasteiger partial charge in [-0.05, 0) is 24.3 Å². The molecule has 0 atom stereocenters. The van der Waals surface area contributed by atoms with Crippen LogP contribution in [0.5, 0.6) is 11.5 Å². The topological polar surface area (TPSA) is 59.0 Å². The van der Waals surface area contributed by atoms with Gasteiger partial charge in [0.25, 0.3) is 0 Å². The van der Waals surface area contributed by atoms with Gasteiger partial charge in [0.05, 0.1) is 5.56 Å². The average Bonchev–Trinajstić information content (AvgIpc) is 2.29. The molecule has 0 aliphatic rings. The van der Waals surface area contributed by atoms with Crippen molar-refractivity contribution in [1.29, 1.82) is 5.26 Å². The fraction of sp³-hybridized carbons (Fsp3) is 0. The zero-order chi connectivity index (χ0) is 12.3. The lowest BCUT2D eigenvalue weighted by molar-refractivity contribution is 0.481. The number of nitrogens with zero attached hydrogens (tertiary/aromatic N) is 1. The van der Waals surface area contributed by atoms with Crippen LogP contribution in [0.4, 0.5) is 5.69 Å².